The lowest BCUT2D eigenvalue weighted by Crippen LogP contribution is -2.52. The molecule has 0 fully saturated rings. The third kappa shape index (κ3) is 4.82. The molecule has 0 aliphatic carbocycles. The van der Waals surface area contributed by atoms with E-state index in [1.54, 1.807) is 20.8 Å². The second-order valence-corrected chi connectivity index (χ2v) is 10.2. The number of halogens is 4. The number of aryl methyl sites for hydroxylation is 1. The highest BCUT2D eigenvalue weighted by Gasteiger charge is 2.40. The van der Waals surface area contributed by atoms with Crippen molar-refractivity contribution in [3.8, 4) is 5.69 Å². The molecular weight excluding hydrogens is 506 g/mol. The van der Waals surface area contributed by atoms with Crippen molar-refractivity contribution in [1.82, 2.24) is 19.8 Å². The molecule has 2 aromatic carbocycles. The minimum Gasteiger partial charge on any atom is -0.444 e. The summed E-state index contributed by atoms with van der Waals surface area (Å²) >= 11 is 0. The molecule has 0 saturated heterocycles. The Morgan fingerprint density at radius 3 is 2.50 bits per heavy atom. The molecule has 0 bridgehead atoms. The van der Waals surface area contributed by atoms with Crippen LogP contribution in [0.4, 0.5) is 22.4 Å². The third-order valence-corrected chi connectivity index (χ3v) is 6.14. The molecule has 2 heterocycles. The van der Waals surface area contributed by atoms with Gasteiger partial charge in [-0.05, 0) is 52.8 Å². The number of aromatic nitrogens is 2. The van der Waals surface area contributed by atoms with E-state index in [0.717, 1.165) is 15.5 Å². The van der Waals surface area contributed by atoms with Gasteiger partial charge in [-0.25, -0.2) is 32.3 Å². The molecule has 2 amide bonds. The number of alkyl carbamates (subject to hydrolysis) is 1. The maximum Gasteiger partial charge on any atom is 0.414 e. The first-order valence-electron chi connectivity index (χ1n) is 11.7. The average Bonchev–Trinajstić information content (AvgIpc) is 3.11. The Morgan fingerprint density at radius 1 is 1.18 bits per heavy atom. The molecule has 1 aromatic heterocycles. The van der Waals surface area contributed by atoms with Crippen LogP contribution in [0.3, 0.4) is 0 Å². The van der Waals surface area contributed by atoms with E-state index in [1.165, 1.54) is 45.2 Å². The lowest BCUT2D eigenvalue weighted by Gasteiger charge is -2.35. The number of hydrogen-bond donors (Lipinski definition) is 1. The standard InChI is InChI=1S/C26H27F4N5O3/c1-13-31-16-11-10-15(27)19(22(29)30)21(16)35(13)17-9-7-8-14(20(17)28)26(5)12-18(36)34(6)23(33-26)32-24(37)38-25(2,3)4/h7-11,22H,12H2,1-6H3,(H,32,33,37)/t26-/m0/s1. The maximum atomic E-state index is 16.2. The van der Waals surface area contributed by atoms with E-state index in [-0.39, 0.29) is 40.5 Å². The molecule has 0 spiro atoms. The summed E-state index contributed by atoms with van der Waals surface area (Å²) in [5, 5.41) is 2.43. The van der Waals surface area contributed by atoms with Gasteiger partial charge in [0.05, 0.1) is 34.2 Å². The van der Waals surface area contributed by atoms with Crippen molar-refractivity contribution >= 4 is 29.0 Å². The molecule has 1 aliphatic heterocycles. The lowest BCUT2D eigenvalue weighted by molar-refractivity contribution is -0.128. The highest BCUT2D eigenvalue weighted by molar-refractivity contribution is 6.05. The van der Waals surface area contributed by atoms with Gasteiger partial charge in [-0.1, -0.05) is 12.1 Å². The molecule has 1 atom stereocenters. The van der Waals surface area contributed by atoms with E-state index in [1.807, 2.05) is 0 Å². The number of imidazole rings is 1. The van der Waals surface area contributed by atoms with Crippen molar-refractivity contribution in [3.05, 3.63) is 58.9 Å². The summed E-state index contributed by atoms with van der Waals surface area (Å²) in [4.78, 5) is 35.0. The second-order valence-electron chi connectivity index (χ2n) is 10.2. The monoisotopic (exact) mass is 533 g/mol. The number of aliphatic imine (C=N–C) groups is 1. The van der Waals surface area contributed by atoms with Gasteiger partial charge in [0.15, 0.2) is 5.82 Å². The molecule has 202 valence electrons. The molecule has 8 nitrogen and oxygen atoms in total. The van der Waals surface area contributed by atoms with Crippen LogP contribution in [-0.4, -0.2) is 45.1 Å². The van der Waals surface area contributed by atoms with Crippen molar-refractivity contribution < 1.29 is 31.9 Å². The summed E-state index contributed by atoms with van der Waals surface area (Å²) in [5.41, 5.74) is -3.56. The van der Waals surface area contributed by atoms with Crippen LogP contribution in [0, 0.1) is 18.6 Å². The third-order valence-electron chi connectivity index (χ3n) is 6.14. The van der Waals surface area contributed by atoms with Crippen LogP contribution in [0.1, 0.15) is 57.5 Å². The highest BCUT2D eigenvalue weighted by atomic mass is 19.3. The van der Waals surface area contributed by atoms with Crippen LogP contribution < -0.4 is 5.32 Å². The van der Waals surface area contributed by atoms with Gasteiger partial charge in [-0.2, -0.15) is 0 Å². The molecule has 3 aromatic rings. The zero-order valence-corrected chi connectivity index (χ0v) is 21.7. The molecule has 12 heteroatoms. The van der Waals surface area contributed by atoms with Gasteiger partial charge in [0.1, 0.15) is 17.2 Å². The van der Waals surface area contributed by atoms with E-state index in [9.17, 15) is 22.8 Å². The van der Waals surface area contributed by atoms with Crippen molar-refractivity contribution in [1.29, 1.82) is 0 Å². The van der Waals surface area contributed by atoms with E-state index < -0.39 is 46.8 Å². The first-order valence-corrected chi connectivity index (χ1v) is 11.7. The summed E-state index contributed by atoms with van der Waals surface area (Å²) in [6.07, 6.45) is -4.27. The number of fused-ring (bicyclic) bond motifs is 1. The van der Waals surface area contributed by atoms with Crippen LogP contribution in [0.15, 0.2) is 35.3 Å². The quantitative estimate of drug-likeness (QED) is 0.450. The molecular formula is C26H27F4N5O3. The number of benzene rings is 2. The first-order chi connectivity index (χ1) is 17.6. The van der Waals surface area contributed by atoms with Gasteiger partial charge < -0.3 is 4.74 Å². The van der Waals surface area contributed by atoms with E-state index >= 15 is 4.39 Å². The number of nitrogens with zero attached hydrogens (tertiary/aromatic N) is 4. The number of hydrogen-bond acceptors (Lipinski definition) is 5. The Kier molecular flexibility index (Phi) is 6.71. The van der Waals surface area contributed by atoms with Crippen LogP contribution in [0.2, 0.25) is 0 Å². The fraction of sp³-hybridized carbons (Fsp3) is 0.385. The zero-order valence-electron chi connectivity index (χ0n) is 21.7. The number of nitrogens with one attached hydrogen (secondary N) is 1. The number of guanidine groups is 1. The van der Waals surface area contributed by atoms with Crippen LogP contribution >= 0.6 is 0 Å². The van der Waals surface area contributed by atoms with Gasteiger partial charge in [0.25, 0.3) is 6.43 Å². The van der Waals surface area contributed by atoms with E-state index in [0.29, 0.717) is 0 Å². The van der Waals surface area contributed by atoms with E-state index in [4.69, 9.17) is 4.74 Å². The van der Waals surface area contributed by atoms with Gasteiger partial charge >= 0.3 is 6.09 Å². The number of rotatable bonds is 3. The molecule has 4 rings (SSSR count). The Morgan fingerprint density at radius 2 is 1.87 bits per heavy atom. The Bertz CT molecular complexity index is 1480. The van der Waals surface area contributed by atoms with Crippen molar-refractivity contribution in [3.63, 3.8) is 0 Å². The van der Waals surface area contributed by atoms with Crippen molar-refractivity contribution in [2.45, 2.75) is 58.6 Å². The number of amides is 2. The fourth-order valence-electron chi connectivity index (χ4n) is 4.44. The van der Waals surface area contributed by atoms with Gasteiger partial charge in [-0.15, -0.1) is 0 Å². The Labute approximate surface area is 216 Å². The maximum absolute atomic E-state index is 16.2. The number of alkyl halides is 2. The van der Waals surface area contributed by atoms with Crippen molar-refractivity contribution in [2.75, 3.05) is 7.05 Å². The minimum atomic E-state index is -3.17. The number of carbonyl (C=O) groups is 2. The summed E-state index contributed by atoms with van der Waals surface area (Å²) in [6.45, 7) is 8.01. The molecule has 38 heavy (non-hydrogen) atoms. The van der Waals surface area contributed by atoms with Crippen LogP contribution in [-0.2, 0) is 15.1 Å². The van der Waals surface area contributed by atoms with Crippen LogP contribution in [0.25, 0.3) is 16.7 Å². The molecule has 0 radical (unpaired) electrons. The highest BCUT2D eigenvalue weighted by Crippen LogP contribution is 2.38. The van der Waals surface area contributed by atoms with Gasteiger partial charge in [0, 0.05) is 12.6 Å². The molecule has 1 N–H and O–H groups in total. The fourth-order valence-corrected chi connectivity index (χ4v) is 4.44. The SMILES string of the molecule is Cc1nc2ccc(F)c(C(F)F)c2n1-c1cccc([C@]2(C)CC(=O)N(C)C(NC(=O)OC(C)(C)C)=N2)c1F. The average molecular weight is 534 g/mol. The molecule has 1 aliphatic rings. The molecule has 0 saturated carbocycles. The Hall–Kier alpha value is -3.96. The summed E-state index contributed by atoms with van der Waals surface area (Å²) in [7, 11) is 1.41. The second kappa shape index (κ2) is 9.41. The summed E-state index contributed by atoms with van der Waals surface area (Å²) < 4.78 is 64.7. The smallest absolute Gasteiger partial charge is 0.414 e. The largest absolute Gasteiger partial charge is 0.444 e. The van der Waals surface area contributed by atoms with Crippen molar-refractivity contribution in [2.24, 2.45) is 4.99 Å². The zero-order chi connectivity index (χ0) is 28.2. The van der Waals surface area contributed by atoms with Crippen LogP contribution in [0.5, 0.6) is 0 Å². The first kappa shape index (κ1) is 27.1. The lowest BCUT2D eigenvalue weighted by atomic mass is 9.86. The number of carbonyl (C=O) groups excluding carboxylic acids is 2. The van der Waals surface area contributed by atoms with Gasteiger partial charge in [0.2, 0.25) is 11.9 Å². The van der Waals surface area contributed by atoms with E-state index in [2.05, 4.69) is 15.3 Å². The topological polar surface area (TPSA) is 88.8 Å². The molecule has 0 unspecified atom stereocenters. The summed E-state index contributed by atoms with van der Waals surface area (Å²) in [5.74, 6) is -2.44. The summed E-state index contributed by atoms with van der Waals surface area (Å²) in [6, 6.07) is 6.38. The Balaban J connectivity index is 1.86. The van der Waals surface area contributed by atoms with Gasteiger partial charge in [-0.3, -0.25) is 19.6 Å². The minimum absolute atomic E-state index is 0.0313. The predicted octanol–water partition coefficient (Wildman–Crippen LogP) is 5.51. The predicted molar refractivity (Wildman–Crippen MR) is 132 cm³/mol. The number of ether oxygens (including phenoxy) is 1. The normalized spacial score (nSPS) is 18.2.